The van der Waals surface area contributed by atoms with Crippen LogP contribution in [0, 0.1) is 6.92 Å². The number of hydrogen-bond acceptors (Lipinski definition) is 2. The van der Waals surface area contributed by atoms with Gasteiger partial charge in [0.2, 0.25) is 0 Å². The van der Waals surface area contributed by atoms with Crippen molar-refractivity contribution in [3.05, 3.63) is 71.8 Å². The van der Waals surface area contributed by atoms with Crippen LogP contribution in [-0.2, 0) is 0 Å². The molecule has 0 saturated carbocycles. The van der Waals surface area contributed by atoms with Crippen molar-refractivity contribution in [2.24, 2.45) is 0 Å². The second-order valence-corrected chi connectivity index (χ2v) is 6.42. The Kier molecular flexibility index (Phi) is 5.49. The van der Waals surface area contributed by atoms with Gasteiger partial charge >= 0.3 is 0 Å². The molecule has 128 valence electrons. The summed E-state index contributed by atoms with van der Waals surface area (Å²) in [6, 6.07) is 19.8. The Hall–Kier alpha value is -2.61. The van der Waals surface area contributed by atoms with Crippen molar-refractivity contribution in [3.63, 3.8) is 0 Å². The predicted molar refractivity (Wildman–Crippen MR) is 104 cm³/mol. The minimum atomic E-state index is 0.189. The molecule has 3 aromatic rings. The highest BCUT2D eigenvalue weighted by Gasteiger charge is 2.09. The third-order valence-electron chi connectivity index (χ3n) is 4.54. The van der Waals surface area contributed by atoms with E-state index in [9.17, 15) is 4.79 Å². The molecule has 0 fully saturated rings. The van der Waals surface area contributed by atoms with Gasteiger partial charge in [-0.15, -0.1) is 0 Å². The molecule has 0 aliphatic carbocycles. The van der Waals surface area contributed by atoms with Crippen molar-refractivity contribution in [2.75, 3.05) is 0 Å². The summed E-state index contributed by atoms with van der Waals surface area (Å²) >= 11 is 0. The molecule has 0 N–H and O–H groups in total. The highest BCUT2D eigenvalue weighted by Crippen LogP contribution is 2.31. The SMILES string of the molecule is CCCCCC(=O)c1cccc(Oc2ccc3ccccc3c2C)c1. The number of unbranched alkanes of at least 4 members (excludes halogenated alkanes) is 2. The third-order valence-corrected chi connectivity index (χ3v) is 4.54. The van der Waals surface area contributed by atoms with Gasteiger partial charge in [-0.3, -0.25) is 4.79 Å². The lowest BCUT2D eigenvalue weighted by Crippen LogP contribution is -1.99. The Morgan fingerprint density at radius 1 is 0.960 bits per heavy atom. The first kappa shape index (κ1) is 17.2. The van der Waals surface area contributed by atoms with Gasteiger partial charge in [0.25, 0.3) is 0 Å². The summed E-state index contributed by atoms with van der Waals surface area (Å²) in [6.45, 7) is 4.21. The Morgan fingerprint density at radius 3 is 2.64 bits per heavy atom. The molecule has 0 amide bonds. The van der Waals surface area contributed by atoms with Gasteiger partial charge < -0.3 is 4.74 Å². The largest absolute Gasteiger partial charge is 0.457 e. The number of ether oxygens (including phenoxy) is 1. The van der Waals surface area contributed by atoms with Crippen molar-refractivity contribution < 1.29 is 9.53 Å². The average Bonchev–Trinajstić information content (AvgIpc) is 2.65. The minimum Gasteiger partial charge on any atom is -0.457 e. The summed E-state index contributed by atoms with van der Waals surface area (Å²) in [5, 5.41) is 2.39. The third kappa shape index (κ3) is 4.08. The van der Waals surface area contributed by atoms with Crippen molar-refractivity contribution in [3.8, 4) is 11.5 Å². The molecule has 3 aromatic carbocycles. The van der Waals surface area contributed by atoms with Crippen molar-refractivity contribution in [1.29, 1.82) is 0 Å². The maximum Gasteiger partial charge on any atom is 0.163 e. The lowest BCUT2D eigenvalue weighted by molar-refractivity contribution is 0.0979. The molecule has 3 rings (SSSR count). The van der Waals surface area contributed by atoms with Gasteiger partial charge in [-0.2, -0.15) is 0 Å². The number of carbonyl (C=O) groups is 1. The number of aryl methyl sites for hydroxylation is 1. The van der Waals surface area contributed by atoms with Crippen molar-refractivity contribution >= 4 is 16.6 Å². The monoisotopic (exact) mass is 332 g/mol. The molecule has 2 nitrogen and oxygen atoms in total. The fraction of sp³-hybridized carbons (Fsp3) is 0.261. The molecule has 0 atom stereocenters. The molecule has 0 aliphatic rings. The van der Waals surface area contributed by atoms with E-state index in [1.165, 1.54) is 10.8 Å². The van der Waals surface area contributed by atoms with E-state index in [1.54, 1.807) is 0 Å². The van der Waals surface area contributed by atoms with Gasteiger partial charge in [-0.25, -0.2) is 0 Å². The molecule has 0 radical (unpaired) electrons. The fourth-order valence-corrected chi connectivity index (χ4v) is 3.06. The first-order valence-electron chi connectivity index (χ1n) is 8.98. The molecule has 25 heavy (non-hydrogen) atoms. The Morgan fingerprint density at radius 2 is 1.80 bits per heavy atom. The summed E-state index contributed by atoms with van der Waals surface area (Å²) in [6.07, 6.45) is 3.77. The number of hydrogen-bond donors (Lipinski definition) is 0. The van der Waals surface area contributed by atoms with Crippen LogP contribution in [0.5, 0.6) is 11.5 Å². The van der Waals surface area contributed by atoms with Crippen LogP contribution in [0.25, 0.3) is 10.8 Å². The van der Waals surface area contributed by atoms with Crippen molar-refractivity contribution in [1.82, 2.24) is 0 Å². The molecule has 2 heteroatoms. The minimum absolute atomic E-state index is 0.189. The number of Topliss-reactive ketones (excluding diaryl/α,β-unsaturated/α-hetero) is 1. The lowest BCUT2D eigenvalue weighted by Gasteiger charge is -2.12. The molecule has 0 aromatic heterocycles. The number of benzene rings is 3. The lowest BCUT2D eigenvalue weighted by atomic mass is 10.0. The van der Waals surface area contributed by atoms with E-state index in [0.29, 0.717) is 12.2 Å². The maximum atomic E-state index is 12.3. The number of carbonyl (C=O) groups excluding carboxylic acids is 1. The van der Waals surface area contributed by atoms with Crippen LogP contribution in [-0.4, -0.2) is 5.78 Å². The topological polar surface area (TPSA) is 26.3 Å². The van der Waals surface area contributed by atoms with E-state index in [4.69, 9.17) is 4.74 Å². The smallest absolute Gasteiger partial charge is 0.163 e. The van der Waals surface area contributed by atoms with Crippen LogP contribution in [0.15, 0.2) is 60.7 Å². The molecular weight excluding hydrogens is 308 g/mol. The van der Waals surface area contributed by atoms with Crippen LogP contribution in [0.2, 0.25) is 0 Å². The number of fused-ring (bicyclic) bond motifs is 1. The summed E-state index contributed by atoms with van der Waals surface area (Å²) in [5.74, 6) is 1.73. The predicted octanol–water partition coefficient (Wildman–Crippen LogP) is 6.70. The first-order chi connectivity index (χ1) is 12.2. The van der Waals surface area contributed by atoms with Gasteiger partial charge in [0.05, 0.1) is 0 Å². The Balaban J connectivity index is 1.80. The molecule has 0 heterocycles. The van der Waals surface area contributed by atoms with Gasteiger partial charge in [0, 0.05) is 12.0 Å². The normalized spacial score (nSPS) is 10.8. The van der Waals surface area contributed by atoms with Crippen LogP contribution >= 0.6 is 0 Å². The first-order valence-corrected chi connectivity index (χ1v) is 8.98. The molecule has 0 bridgehead atoms. The maximum absolute atomic E-state index is 12.3. The van der Waals surface area contributed by atoms with E-state index in [1.807, 2.05) is 42.5 Å². The molecule has 0 spiro atoms. The highest BCUT2D eigenvalue weighted by molar-refractivity contribution is 5.96. The zero-order chi connectivity index (χ0) is 17.6. The zero-order valence-electron chi connectivity index (χ0n) is 14.9. The van der Waals surface area contributed by atoms with E-state index in [2.05, 4.69) is 32.0 Å². The standard InChI is InChI=1S/C23H24O2/c1-3-4-5-13-22(24)19-10-8-11-20(16-19)25-23-15-14-18-9-6-7-12-21(18)17(23)2/h6-12,14-16H,3-5,13H2,1-2H3. The average molecular weight is 332 g/mol. The highest BCUT2D eigenvalue weighted by atomic mass is 16.5. The summed E-state index contributed by atoms with van der Waals surface area (Å²) in [7, 11) is 0. The quantitative estimate of drug-likeness (QED) is 0.355. The van der Waals surface area contributed by atoms with Crippen molar-refractivity contribution in [2.45, 2.75) is 39.5 Å². The number of rotatable bonds is 7. The van der Waals surface area contributed by atoms with Crippen LogP contribution in [0.1, 0.15) is 48.5 Å². The van der Waals surface area contributed by atoms with E-state index >= 15 is 0 Å². The molecule has 0 saturated heterocycles. The second kappa shape index (κ2) is 7.98. The summed E-state index contributed by atoms with van der Waals surface area (Å²) in [4.78, 5) is 12.3. The molecule has 0 aliphatic heterocycles. The Bertz CT molecular complexity index is 880. The van der Waals surface area contributed by atoms with Crippen LogP contribution in [0.3, 0.4) is 0 Å². The summed E-state index contributed by atoms with van der Waals surface area (Å²) < 4.78 is 6.08. The Labute approximate surface area is 149 Å². The zero-order valence-corrected chi connectivity index (χ0v) is 14.9. The van der Waals surface area contributed by atoms with Gasteiger partial charge in [-0.05, 0) is 47.9 Å². The van der Waals surface area contributed by atoms with E-state index in [-0.39, 0.29) is 5.78 Å². The van der Waals surface area contributed by atoms with Gasteiger partial charge in [-0.1, -0.05) is 62.2 Å². The number of ketones is 1. The second-order valence-electron chi connectivity index (χ2n) is 6.42. The van der Waals surface area contributed by atoms with Crippen LogP contribution in [0.4, 0.5) is 0 Å². The van der Waals surface area contributed by atoms with Gasteiger partial charge in [0.15, 0.2) is 5.78 Å². The van der Waals surface area contributed by atoms with Crippen LogP contribution < -0.4 is 4.74 Å². The summed E-state index contributed by atoms with van der Waals surface area (Å²) in [5.41, 5.74) is 1.84. The molecular formula is C23H24O2. The molecule has 0 unspecified atom stereocenters. The van der Waals surface area contributed by atoms with E-state index < -0.39 is 0 Å². The van der Waals surface area contributed by atoms with E-state index in [0.717, 1.165) is 36.1 Å². The van der Waals surface area contributed by atoms with Gasteiger partial charge in [0.1, 0.15) is 11.5 Å². The fourth-order valence-electron chi connectivity index (χ4n) is 3.06.